The van der Waals surface area contributed by atoms with Crippen LogP contribution < -0.4 is 0 Å². The number of hydrogen-bond donors (Lipinski definition) is 0. The molecule has 0 N–H and O–H groups in total. The van der Waals surface area contributed by atoms with Crippen molar-refractivity contribution >= 4 is 0 Å². The lowest BCUT2D eigenvalue weighted by molar-refractivity contribution is -0.0905. The summed E-state index contributed by atoms with van der Waals surface area (Å²) in [5.74, 6) is 1.42. The number of fused-ring (bicyclic) bond motifs is 1. The molecule has 2 aliphatic heterocycles. The van der Waals surface area contributed by atoms with Crippen molar-refractivity contribution in [2.45, 2.75) is 27.1 Å². The average molecular weight is 144 g/mol. The number of hydrogen-bond acceptors (Lipinski definition) is 2. The van der Waals surface area contributed by atoms with Crippen molar-refractivity contribution < 1.29 is 9.47 Å². The van der Waals surface area contributed by atoms with E-state index in [4.69, 9.17) is 9.47 Å². The van der Waals surface area contributed by atoms with Gasteiger partial charge in [0.1, 0.15) is 0 Å². The van der Waals surface area contributed by atoms with Crippen molar-refractivity contribution in [1.82, 2.24) is 0 Å². The van der Waals surface area contributed by atoms with Crippen LogP contribution in [0, 0.1) is 11.8 Å². The van der Waals surface area contributed by atoms with Crippen molar-refractivity contribution in [3.63, 3.8) is 0 Å². The smallest absolute Gasteiger partial charge is 0.160 e. The van der Waals surface area contributed by atoms with Crippen LogP contribution in [0.3, 0.4) is 0 Å². The Morgan fingerprint density at radius 3 is 2.80 bits per heavy atom. The second-order valence-electron chi connectivity index (χ2n) is 3.00. The maximum atomic E-state index is 5.37. The van der Waals surface area contributed by atoms with Gasteiger partial charge in [-0.15, -0.1) is 0 Å². The van der Waals surface area contributed by atoms with E-state index in [0.717, 1.165) is 19.1 Å². The van der Waals surface area contributed by atoms with Gasteiger partial charge in [0, 0.05) is 5.92 Å². The van der Waals surface area contributed by atoms with E-state index >= 15 is 0 Å². The molecule has 60 valence electrons. The molecule has 10 heavy (non-hydrogen) atoms. The van der Waals surface area contributed by atoms with Crippen LogP contribution in [0.5, 0.6) is 0 Å². The van der Waals surface area contributed by atoms with Crippen LogP contribution in [0.4, 0.5) is 0 Å². The Kier molecular flexibility index (Phi) is 2.32. The van der Waals surface area contributed by atoms with E-state index in [1.165, 1.54) is 6.42 Å². The van der Waals surface area contributed by atoms with Crippen molar-refractivity contribution in [3.05, 3.63) is 0 Å². The third-order valence-corrected chi connectivity index (χ3v) is 2.34. The number of rotatable bonds is 0. The zero-order chi connectivity index (χ0) is 6.27. The third-order valence-electron chi connectivity index (χ3n) is 2.34. The molecule has 0 radical (unpaired) electrons. The molecule has 0 saturated carbocycles. The highest BCUT2D eigenvalue weighted by Crippen LogP contribution is 2.34. The predicted molar refractivity (Wildman–Crippen MR) is 39.7 cm³/mol. The van der Waals surface area contributed by atoms with Crippen LogP contribution in [0.25, 0.3) is 0 Å². The molecular formula is C8H16O2. The van der Waals surface area contributed by atoms with Gasteiger partial charge in [-0.2, -0.15) is 0 Å². The van der Waals surface area contributed by atoms with Crippen molar-refractivity contribution in [1.29, 1.82) is 0 Å². The van der Waals surface area contributed by atoms with Gasteiger partial charge in [-0.25, -0.2) is 0 Å². The fraction of sp³-hybridized carbons (Fsp3) is 1.00. The molecule has 0 aliphatic carbocycles. The lowest BCUT2D eigenvalue weighted by Gasteiger charge is -2.07. The van der Waals surface area contributed by atoms with Crippen LogP contribution >= 0.6 is 0 Å². The predicted octanol–water partition coefficient (Wildman–Crippen LogP) is 1.65. The Hall–Kier alpha value is -0.0800. The normalized spacial score (nSPS) is 44.7. The van der Waals surface area contributed by atoms with Crippen molar-refractivity contribution in [2.24, 2.45) is 11.8 Å². The lowest BCUT2D eigenvalue weighted by Crippen LogP contribution is -2.12. The van der Waals surface area contributed by atoms with Gasteiger partial charge in [-0.1, -0.05) is 14.4 Å². The van der Waals surface area contributed by atoms with Gasteiger partial charge < -0.3 is 9.47 Å². The van der Waals surface area contributed by atoms with Gasteiger partial charge in [0.15, 0.2) is 6.29 Å². The SMILES string of the molecule is C.CC1COC2OCCC12. The van der Waals surface area contributed by atoms with E-state index in [2.05, 4.69) is 6.92 Å². The lowest BCUT2D eigenvalue weighted by atomic mass is 9.96. The summed E-state index contributed by atoms with van der Waals surface area (Å²) in [6, 6.07) is 0. The molecule has 2 saturated heterocycles. The summed E-state index contributed by atoms with van der Waals surface area (Å²) in [7, 11) is 0. The van der Waals surface area contributed by atoms with Gasteiger partial charge in [0.2, 0.25) is 0 Å². The summed E-state index contributed by atoms with van der Waals surface area (Å²) in [6.45, 7) is 4.04. The van der Waals surface area contributed by atoms with Gasteiger partial charge in [0.05, 0.1) is 13.2 Å². The fourth-order valence-corrected chi connectivity index (χ4v) is 1.67. The molecule has 2 heteroatoms. The summed E-state index contributed by atoms with van der Waals surface area (Å²) in [5.41, 5.74) is 0. The molecule has 0 spiro atoms. The van der Waals surface area contributed by atoms with E-state index in [9.17, 15) is 0 Å². The van der Waals surface area contributed by atoms with Gasteiger partial charge in [0.25, 0.3) is 0 Å². The molecule has 0 aromatic carbocycles. The first-order valence-corrected chi connectivity index (χ1v) is 3.61. The van der Waals surface area contributed by atoms with Crippen LogP contribution in [-0.4, -0.2) is 19.5 Å². The highest BCUT2D eigenvalue weighted by atomic mass is 16.7. The topological polar surface area (TPSA) is 18.5 Å². The maximum Gasteiger partial charge on any atom is 0.160 e. The van der Waals surface area contributed by atoms with Crippen LogP contribution in [0.2, 0.25) is 0 Å². The molecule has 2 rings (SSSR count). The Labute approximate surface area is 62.5 Å². The highest BCUT2D eigenvalue weighted by molar-refractivity contribution is 4.79. The zero-order valence-corrected chi connectivity index (χ0v) is 5.67. The molecule has 2 heterocycles. The number of ether oxygens (including phenoxy) is 2. The third kappa shape index (κ3) is 1.06. The van der Waals surface area contributed by atoms with Crippen LogP contribution in [0.1, 0.15) is 20.8 Å². The summed E-state index contributed by atoms with van der Waals surface area (Å²) in [4.78, 5) is 0. The first kappa shape index (κ1) is 8.02. The minimum atomic E-state index is 0. The molecule has 0 aromatic heterocycles. The van der Waals surface area contributed by atoms with E-state index in [0.29, 0.717) is 5.92 Å². The van der Waals surface area contributed by atoms with Crippen molar-refractivity contribution in [3.8, 4) is 0 Å². The monoisotopic (exact) mass is 144 g/mol. The Balaban J connectivity index is 0.000000500. The van der Waals surface area contributed by atoms with E-state index in [-0.39, 0.29) is 13.7 Å². The Morgan fingerprint density at radius 2 is 2.10 bits per heavy atom. The zero-order valence-electron chi connectivity index (χ0n) is 5.67. The standard InChI is InChI=1S/C7H12O2.CH4/c1-5-4-9-7-6(5)2-3-8-7;/h5-7H,2-4H2,1H3;1H4. The fourth-order valence-electron chi connectivity index (χ4n) is 1.67. The molecule has 2 fully saturated rings. The van der Waals surface area contributed by atoms with Crippen LogP contribution in [-0.2, 0) is 9.47 Å². The summed E-state index contributed by atoms with van der Waals surface area (Å²) < 4.78 is 10.7. The summed E-state index contributed by atoms with van der Waals surface area (Å²) in [6.07, 6.45) is 1.35. The van der Waals surface area contributed by atoms with E-state index in [1.54, 1.807) is 0 Å². The molecule has 3 unspecified atom stereocenters. The molecular weight excluding hydrogens is 128 g/mol. The van der Waals surface area contributed by atoms with E-state index < -0.39 is 0 Å². The van der Waals surface area contributed by atoms with Gasteiger partial charge >= 0.3 is 0 Å². The minimum absolute atomic E-state index is 0. The second kappa shape index (κ2) is 2.89. The summed E-state index contributed by atoms with van der Waals surface area (Å²) in [5, 5.41) is 0. The Morgan fingerprint density at radius 1 is 1.30 bits per heavy atom. The van der Waals surface area contributed by atoms with Gasteiger partial charge in [-0.3, -0.25) is 0 Å². The van der Waals surface area contributed by atoms with Crippen molar-refractivity contribution in [2.75, 3.05) is 13.2 Å². The first-order chi connectivity index (χ1) is 4.38. The molecule has 0 bridgehead atoms. The highest BCUT2D eigenvalue weighted by Gasteiger charge is 2.38. The second-order valence-corrected chi connectivity index (χ2v) is 3.00. The molecule has 2 aliphatic rings. The molecule has 3 atom stereocenters. The maximum absolute atomic E-state index is 5.37. The molecule has 0 amide bonds. The largest absolute Gasteiger partial charge is 0.352 e. The van der Waals surface area contributed by atoms with E-state index in [1.807, 2.05) is 0 Å². The molecule has 2 nitrogen and oxygen atoms in total. The quantitative estimate of drug-likeness (QED) is 0.514. The summed E-state index contributed by atoms with van der Waals surface area (Å²) >= 11 is 0. The van der Waals surface area contributed by atoms with Gasteiger partial charge in [-0.05, 0) is 12.3 Å². The average Bonchev–Trinajstić information content (AvgIpc) is 2.35. The molecule has 0 aromatic rings. The Bertz CT molecular complexity index is 114. The minimum Gasteiger partial charge on any atom is -0.352 e. The van der Waals surface area contributed by atoms with Crippen LogP contribution in [0.15, 0.2) is 0 Å². The first-order valence-electron chi connectivity index (χ1n) is 3.61.